The third-order valence-electron chi connectivity index (χ3n) is 2.92. The largest absolute Gasteiger partial charge is 0.326 e. The molecule has 0 bridgehead atoms. The van der Waals surface area contributed by atoms with Gasteiger partial charge in [-0.25, -0.2) is 0 Å². The highest BCUT2D eigenvalue weighted by Crippen LogP contribution is 2.24. The number of carbonyl (C=O) groups is 1. The molecule has 86 valence electrons. The van der Waals surface area contributed by atoms with Gasteiger partial charge < -0.3 is 5.32 Å². The van der Waals surface area contributed by atoms with Gasteiger partial charge in [-0.3, -0.25) is 4.79 Å². The number of amides is 1. The van der Waals surface area contributed by atoms with Crippen LogP contribution >= 0.6 is 15.9 Å². The second-order valence-corrected chi connectivity index (χ2v) is 4.98. The SMILES string of the molecule is O=C1CCc2ccc(CCCCBr)cc2N1. The Morgan fingerprint density at radius 3 is 2.94 bits per heavy atom. The van der Waals surface area contributed by atoms with Crippen molar-refractivity contribution >= 4 is 27.5 Å². The number of nitrogens with one attached hydrogen (secondary N) is 1. The Balaban J connectivity index is 2.06. The summed E-state index contributed by atoms with van der Waals surface area (Å²) >= 11 is 3.43. The van der Waals surface area contributed by atoms with Crippen LogP contribution in [0.25, 0.3) is 0 Å². The fraction of sp³-hybridized carbons (Fsp3) is 0.462. The van der Waals surface area contributed by atoms with E-state index in [0.29, 0.717) is 6.42 Å². The molecule has 1 N–H and O–H groups in total. The van der Waals surface area contributed by atoms with Crippen molar-refractivity contribution in [2.45, 2.75) is 32.1 Å². The minimum absolute atomic E-state index is 0.144. The number of halogens is 1. The van der Waals surface area contributed by atoms with E-state index in [-0.39, 0.29) is 5.91 Å². The average molecular weight is 282 g/mol. The Labute approximate surface area is 105 Å². The number of anilines is 1. The van der Waals surface area contributed by atoms with Crippen molar-refractivity contribution in [3.63, 3.8) is 0 Å². The first kappa shape index (κ1) is 11.6. The van der Waals surface area contributed by atoms with Gasteiger partial charge in [0.05, 0.1) is 0 Å². The molecule has 0 saturated heterocycles. The first-order chi connectivity index (χ1) is 7.79. The van der Waals surface area contributed by atoms with Crippen molar-refractivity contribution in [3.8, 4) is 0 Å². The second kappa shape index (κ2) is 5.48. The molecular weight excluding hydrogens is 266 g/mol. The molecule has 1 heterocycles. The van der Waals surface area contributed by atoms with Crippen LogP contribution in [0.1, 0.15) is 30.4 Å². The van der Waals surface area contributed by atoms with Crippen LogP contribution in [0.2, 0.25) is 0 Å². The first-order valence-corrected chi connectivity index (χ1v) is 6.89. The molecule has 0 aromatic heterocycles. The summed E-state index contributed by atoms with van der Waals surface area (Å²) in [6.45, 7) is 0. The van der Waals surface area contributed by atoms with Crippen molar-refractivity contribution in [3.05, 3.63) is 29.3 Å². The lowest BCUT2D eigenvalue weighted by atomic mass is 9.99. The van der Waals surface area contributed by atoms with Gasteiger partial charge >= 0.3 is 0 Å². The molecule has 0 spiro atoms. The van der Waals surface area contributed by atoms with E-state index in [4.69, 9.17) is 0 Å². The number of benzene rings is 1. The van der Waals surface area contributed by atoms with Crippen molar-refractivity contribution in [2.24, 2.45) is 0 Å². The molecular formula is C13H16BrNO. The van der Waals surface area contributed by atoms with Gasteiger partial charge in [0.25, 0.3) is 0 Å². The van der Waals surface area contributed by atoms with Gasteiger partial charge in [0.2, 0.25) is 5.91 Å². The zero-order chi connectivity index (χ0) is 11.4. The third-order valence-corrected chi connectivity index (χ3v) is 3.48. The lowest BCUT2D eigenvalue weighted by molar-refractivity contribution is -0.116. The van der Waals surface area contributed by atoms with Gasteiger partial charge in [0.1, 0.15) is 0 Å². The zero-order valence-corrected chi connectivity index (χ0v) is 10.8. The maximum atomic E-state index is 11.3. The number of fused-ring (bicyclic) bond motifs is 1. The Morgan fingerprint density at radius 1 is 1.25 bits per heavy atom. The van der Waals surface area contributed by atoms with Gasteiger partial charge in [-0.05, 0) is 42.9 Å². The summed E-state index contributed by atoms with van der Waals surface area (Å²) in [5.41, 5.74) is 3.61. The molecule has 16 heavy (non-hydrogen) atoms. The molecule has 1 aromatic rings. The van der Waals surface area contributed by atoms with Crippen LogP contribution < -0.4 is 5.32 Å². The number of aryl methyl sites for hydroxylation is 2. The molecule has 0 radical (unpaired) electrons. The highest BCUT2D eigenvalue weighted by molar-refractivity contribution is 9.09. The minimum Gasteiger partial charge on any atom is -0.326 e. The number of unbranched alkanes of at least 4 members (excludes halogenated alkanes) is 1. The normalized spacial score (nSPS) is 14.4. The van der Waals surface area contributed by atoms with E-state index in [2.05, 4.69) is 39.4 Å². The molecule has 0 saturated carbocycles. The predicted octanol–water partition coefficient (Wildman–Crippen LogP) is 3.29. The van der Waals surface area contributed by atoms with Crippen LogP contribution in [0.5, 0.6) is 0 Å². The molecule has 0 aliphatic carbocycles. The fourth-order valence-electron chi connectivity index (χ4n) is 2.00. The van der Waals surface area contributed by atoms with E-state index < -0.39 is 0 Å². The molecule has 2 nitrogen and oxygen atoms in total. The number of hydrogen-bond donors (Lipinski definition) is 1. The van der Waals surface area contributed by atoms with Crippen molar-refractivity contribution in [1.29, 1.82) is 0 Å². The monoisotopic (exact) mass is 281 g/mol. The lowest BCUT2D eigenvalue weighted by Gasteiger charge is -2.17. The van der Waals surface area contributed by atoms with Crippen LogP contribution in [-0.4, -0.2) is 11.2 Å². The lowest BCUT2D eigenvalue weighted by Crippen LogP contribution is -2.18. The van der Waals surface area contributed by atoms with Gasteiger partial charge in [-0.2, -0.15) is 0 Å². The van der Waals surface area contributed by atoms with Crippen LogP contribution in [-0.2, 0) is 17.6 Å². The van der Waals surface area contributed by atoms with Crippen LogP contribution in [0.15, 0.2) is 18.2 Å². The van der Waals surface area contributed by atoms with Gasteiger partial charge in [0, 0.05) is 17.4 Å². The van der Waals surface area contributed by atoms with Gasteiger partial charge in [-0.1, -0.05) is 28.1 Å². The Kier molecular flexibility index (Phi) is 3.99. The van der Waals surface area contributed by atoms with Crippen molar-refractivity contribution in [1.82, 2.24) is 0 Å². The molecule has 1 aliphatic heterocycles. The van der Waals surface area contributed by atoms with Crippen LogP contribution in [0, 0.1) is 0 Å². The van der Waals surface area contributed by atoms with Crippen molar-refractivity contribution < 1.29 is 4.79 Å². The maximum Gasteiger partial charge on any atom is 0.224 e. The van der Waals surface area contributed by atoms with E-state index in [1.54, 1.807) is 0 Å². The fourth-order valence-corrected chi connectivity index (χ4v) is 2.39. The van der Waals surface area contributed by atoms with Crippen LogP contribution in [0.3, 0.4) is 0 Å². The first-order valence-electron chi connectivity index (χ1n) is 5.77. The molecule has 3 heteroatoms. The van der Waals surface area contributed by atoms with E-state index in [1.807, 2.05) is 0 Å². The number of alkyl halides is 1. The van der Waals surface area contributed by atoms with Crippen LogP contribution in [0.4, 0.5) is 5.69 Å². The Bertz CT molecular complexity index is 390. The minimum atomic E-state index is 0.144. The predicted molar refractivity (Wildman–Crippen MR) is 70.1 cm³/mol. The van der Waals surface area contributed by atoms with Gasteiger partial charge in [-0.15, -0.1) is 0 Å². The summed E-state index contributed by atoms with van der Waals surface area (Å²) in [4.78, 5) is 11.3. The second-order valence-electron chi connectivity index (χ2n) is 4.19. The topological polar surface area (TPSA) is 29.1 Å². The highest BCUT2D eigenvalue weighted by Gasteiger charge is 2.14. The molecule has 1 aliphatic rings. The zero-order valence-electron chi connectivity index (χ0n) is 9.26. The molecule has 1 amide bonds. The maximum absolute atomic E-state index is 11.3. The number of hydrogen-bond acceptors (Lipinski definition) is 1. The standard InChI is InChI=1S/C13H16BrNO/c14-8-2-1-3-10-4-5-11-6-7-13(16)15-12(11)9-10/h4-5,9H,1-3,6-8H2,(H,15,16). The molecule has 1 aromatic carbocycles. The van der Waals surface area contributed by atoms with E-state index in [1.165, 1.54) is 24.0 Å². The Morgan fingerprint density at radius 2 is 2.12 bits per heavy atom. The summed E-state index contributed by atoms with van der Waals surface area (Å²) in [5, 5.41) is 4.01. The van der Waals surface area contributed by atoms with Gasteiger partial charge in [0.15, 0.2) is 0 Å². The summed E-state index contributed by atoms with van der Waals surface area (Å²) in [5.74, 6) is 0.144. The molecule has 0 unspecified atom stereocenters. The summed E-state index contributed by atoms with van der Waals surface area (Å²) in [6, 6.07) is 6.46. The summed E-state index contributed by atoms with van der Waals surface area (Å²) in [7, 11) is 0. The summed E-state index contributed by atoms with van der Waals surface area (Å²) in [6.07, 6.45) is 4.98. The number of rotatable bonds is 4. The van der Waals surface area contributed by atoms with E-state index in [0.717, 1.165) is 23.9 Å². The molecule has 0 atom stereocenters. The van der Waals surface area contributed by atoms with E-state index in [9.17, 15) is 4.79 Å². The third kappa shape index (κ3) is 2.85. The average Bonchev–Trinajstić information content (AvgIpc) is 2.29. The Hall–Kier alpha value is -0.830. The number of carbonyl (C=O) groups excluding carboxylic acids is 1. The molecule has 0 fully saturated rings. The van der Waals surface area contributed by atoms with Crippen molar-refractivity contribution in [2.75, 3.05) is 10.6 Å². The molecule has 2 rings (SSSR count). The smallest absolute Gasteiger partial charge is 0.224 e. The van der Waals surface area contributed by atoms with E-state index >= 15 is 0 Å². The highest BCUT2D eigenvalue weighted by atomic mass is 79.9. The summed E-state index contributed by atoms with van der Waals surface area (Å²) < 4.78 is 0. The quantitative estimate of drug-likeness (QED) is 0.666.